The van der Waals surface area contributed by atoms with Gasteiger partial charge in [-0.3, -0.25) is 0 Å². The van der Waals surface area contributed by atoms with Gasteiger partial charge in [0.05, 0.1) is 13.2 Å². The number of hydrogen-bond acceptors (Lipinski definition) is 4. The molecule has 104 valence electrons. The van der Waals surface area contributed by atoms with Crippen LogP contribution in [0.5, 0.6) is 0 Å². The van der Waals surface area contributed by atoms with E-state index in [2.05, 4.69) is 0 Å². The van der Waals surface area contributed by atoms with Crippen molar-refractivity contribution in [2.75, 3.05) is 0 Å². The molecular weight excluding hydrogens is 293 g/mol. The van der Waals surface area contributed by atoms with Crippen LogP contribution >= 0.6 is 22.7 Å². The fraction of sp³-hybridized carbons (Fsp3) is 0.200. The Balaban J connectivity index is 1.85. The summed E-state index contributed by atoms with van der Waals surface area (Å²) in [6.07, 6.45) is 0. The highest BCUT2D eigenvalue weighted by Gasteiger charge is 2.14. The molecule has 0 spiro atoms. The molecule has 0 bridgehead atoms. The molecule has 0 fully saturated rings. The summed E-state index contributed by atoms with van der Waals surface area (Å²) in [7, 11) is 0. The lowest BCUT2D eigenvalue weighted by Gasteiger charge is -2.05. The Labute approximate surface area is 124 Å². The molecule has 1 aromatic carbocycles. The summed E-state index contributed by atoms with van der Waals surface area (Å²) in [5.74, 6) is -0.201. The molecule has 0 saturated heterocycles. The van der Waals surface area contributed by atoms with Crippen LogP contribution in [0.3, 0.4) is 0 Å². The zero-order valence-corrected chi connectivity index (χ0v) is 12.4. The molecule has 0 aliphatic heterocycles. The van der Waals surface area contributed by atoms with Crippen molar-refractivity contribution in [1.82, 2.24) is 0 Å². The minimum Gasteiger partial charge on any atom is -0.371 e. The number of benzene rings is 1. The number of nitrogens with two attached hydrogens (primary N) is 1. The van der Waals surface area contributed by atoms with Gasteiger partial charge in [0.1, 0.15) is 5.82 Å². The van der Waals surface area contributed by atoms with Crippen molar-refractivity contribution in [2.45, 2.75) is 19.8 Å². The van der Waals surface area contributed by atoms with Gasteiger partial charge in [0.15, 0.2) is 0 Å². The summed E-state index contributed by atoms with van der Waals surface area (Å²) in [5.41, 5.74) is 6.66. The molecular formula is C15H14FNOS2. The minimum absolute atomic E-state index is 0.201. The van der Waals surface area contributed by atoms with Crippen LogP contribution in [0.4, 0.5) is 4.39 Å². The summed E-state index contributed by atoms with van der Waals surface area (Å²) in [4.78, 5) is 2.16. The zero-order chi connectivity index (χ0) is 13.9. The van der Waals surface area contributed by atoms with Gasteiger partial charge in [-0.1, -0.05) is 12.1 Å². The first-order valence-corrected chi connectivity index (χ1v) is 7.98. The van der Waals surface area contributed by atoms with E-state index in [1.807, 2.05) is 23.6 Å². The number of fused-ring (bicyclic) bond motifs is 1. The van der Waals surface area contributed by atoms with E-state index in [-0.39, 0.29) is 5.82 Å². The lowest BCUT2D eigenvalue weighted by Crippen LogP contribution is -2.00. The smallest absolute Gasteiger partial charge is 0.132 e. The van der Waals surface area contributed by atoms with Crippen molar-refractivity contribution in [3.05, 3.63) is 56.8 Å². The number of hydrogen-bond donors (Lipinski definition) is 1. The van der Waals surface area contributed by atoms with Crippen molar-refractivity contribution >= 4 is 32.8 Å². The standard InChI is InChI=1S/C15H14FNOS2/c16-12-4-1-5-13-15(12)11(14(7-17)20-13)9-18-8-10-3-2-6-19-10/h1-6H,7-9,17H2. The number of halogens is 1. The van der Waals surface area contributed by atoms with Gasteiger partial charge >= 0.3 is 0 Å². The van der Waals surface area contributed by atoms with Crippen LogP contribution in [-0.2, 0) is 24.5 Å². The van der Waals surface area contributed by atoms with Gasteiger partial charge in [0, 0.05) is 31.9 Å². The van der Waals surface area contributed by atoms with Crippen LogP contribution in [0.25, 0.3) is 10.1 Å². The monoisotopic (exact) mass is 307 g/mol. The quantitative estimate of drug-likeness (QED) is 0.763. The van der Waals surface area contributed by atoms with E-state index in [0.29, 0.717) is 25.1 Å². The molecule has 0 atom stereocenters. The summed E-state index contributed by atoms with van der Waals surface area (Å²) >= 11 is 3.20. The number of rotatable bonds is 5. The van der Waals surface area contributed by atoms with E-state index in [1.54, 1.807) is 28.7 Å². The summed E-state index contributed by atoms with van der Waals surface area (Å²) < 4.78 is 20.7. The second-order valence-corrected chi connectivity index (χ2v) is 6.56. The maximum Gasteiger partial charge on any atom is 0.132 e. The maximum absolute atomic E-state index is 14.0. The van der Waals surface area contributed by atoms with Crippen LogP contribution in [0.1, 0.15) is 15.3 Å². The molecule has 2 N–H and O–H groups in total. The molecule has 0 saturated carbocycles. The largest absolute Gasteiger partial charge is 0.371 e. The second-order valence-electron chi connectivity index (χ2n) is 4.39. The van der Waals surface area contributed by atoms with Gasteiger partial charge < -0.3 is 10.5 Å². The van der Waals surface area contributed by atoms with Gasteiger partial charge in [0.25, 0.3) is 0 Å². The van der Waals surface area contributed by atoms with Crippen LogP contribution in [0.15, 0.2) is 35.7 Å². The van der Waals surface area contributed by atoms with Crippen molar-refractivity contribution < 1.29 is 9.13 Å². The van der Waals surface area contributed by atoms with Gasteiger partial charge in [-0.15, -0.1) is 22.7 Å². The van der Waals surface area contributed by atoms with E-state index in [1.165, 1.54) is 10.9 Å². The van der Waals surface area contributed by atoms with Gasteiger partial charge in [-0.2, -0.15) is 0 Å². The normalized spacial score (nSPS) is 11.3. The van der Waals surface area contributed by atoms with Crippen molar-refractivity contribution in [2.24, 2.45) is 5.73 Å². The van der Waals surface area contributed by atoms with E-state index in [9.17, 15) is 4.39 Å². The van der Waals surface area contributed by atoms with Crippen LogP contribution < -0.4 is 5.73 Å². The molecule has 2 heterocycles. The highest BCUT2D eigenvalue weighted by atomic mass is 32.1. The topological polar surface area (TPSA) is 35.2 Å². The SMILES string of the molecule is NCc1sc2cccc(F)c2c1COCc1cccs1. The van der Waals surface area contributed by atoms with E-state index >= 15 is 0 Å². The molecule has 0 aliphatic rings. The average molecular weight is 307 g/mol. The predicted octanol–water partition coefficient (Wildman–Crippen LogP) is 4.28. The average Bonchev–Trinajstić information content (AvgIpc) is 3.07. The third kappa shape index (κ3) is 2.62. The van der Waals surface area contributed by atoms with Gasteiger partial charge in [-0.05, 0) is 23.6 Å². The molecule has 2 aromatic heterocycles. The van der Waals surface area contributed by atoms with E-state index in [4.69, 9.17) is 10.5 Å². The number of ether oxygens (including phenoxy) is 1. The molecule has 0 aliphatic carbocycles. The molecule has 5 heteroatoms. The Morgan fingerprint density at radius 2 is 2.05 bits per heavy atom. The first kappa shape index (κ1) is 13.7. The first-order valence-electron chi connectivity index (χ1n) is 6.28. The molecule has 0 amide bonds. The van der Waals surface area contributed by atoms with Crippen LogP contribution in [-0.4, -0.2) is 0 Å². The third-order valence-corrected chi connectivity index (χ3v) is 5.17. The molecule has 0 radical (unpaired) electrons. The lowest BCUT2D eigenvalue weighted by atomic mass is 10.1. The maximum atomic E-state index is 14.0. The van der Waals surface area contributed by atoms with Crippen molar-refractivity contribution in [1.29, 1.82) is 0 Å². The summed E-state index contributed by atoms with van der Waals surface area (Å²) in [6, 6.07) is 9.16. The fourth-order valence-corrected chi connectivity index (χ4v) is 3.92. The van der Waals surface area contributed by atoms with E-state index < -0.39 is 0 Å². The molecule has 2 nitrogen and oxygen atoms in total. The number of thiophene rings is 2. The second kappa shape index (κ2) is 6.01. The Hall–Kier alpha value is -1.27. The van der Waals surface area contributed by atoms with Crippen molar-refractivity contribution in [3.63, 3.8) is 0 Å². The molecule has 3 aromatic rings. The summed E-state index contributed by atoms with van der Waals surface area (Å²) in [6.45, 7) is 1.36. The highest BCUT2D eigenvalue weighted by molar-refractivity contribution is 7.19. The first-order chi connectivity index (χ1) is 9.79. The Morgan fingerprint density at radius 3 is 2.80 bits per heavy atom. The Bertz CT molecular complexity index is 706. The predicted molar refractivity (Wildman–Crippen MR) is 82.5 cm³/mol. The van der Waals surface area contributed by atoms with E-state index in [0.717, 1.165) is 15.1 Å². The molecule has 3 rings (SSSR count). The lowest BCUT2D eigenvalue weighted by molar-refractivity contribution is 0.109. The summed E-state index contributed by atoms with van der Waals surface area (Å²) in [5, 5.41) is 2.67. The zero-order valence-electron chi connectivity index (χ0n) is 10.8. The van der Waals surface area contributed by atoms with Gasteiger partial charge in [-0.25, -0.2) is 4.39 Å². The third-order valence-electron chi connectivity index (χ3n) is 3.10. The van der Waals surface area contributed by atoms with Crippen molar-refractivity contribution in [3.8, 4) is 0 Å². The van der Waals surface area contributed by atoms with Crippen LogP contribution in [0, 0.1) is 5.82 Å². The Morgan fingerprint density at radius 1 is 1.15 bits per heavy atom. The fourth-order valence-electron chi connectivity index (χ4n) is 2.18. The van der Waals surface area contributed by atoms with Crippen LogP contribution in [0.2, 0.25) is 0 Å². The Kier molecular flexibility index (Phi) is 4.12. The molecule has 0 unspecified atom stereocenters. The van der Waals surface area contributed by atoms with Gasteiger partial charge in [0.2, 0.25) is 0 Å². The minimum atomic E-state index is -0.201. The highest BCUT2D eigenvalue weighted by Crippen LogP contribution is 2.33. The molecule has 20 heavy (non-hydrogen) atoms.